The lowest BCUT2D eigenvalue weighted by atomic mass is 9.86. The highest BCUT2D eigenvalue weighted by Crippen LogP contribution is 2.34. The Kier molecular flexibility index (Phi) is 3.94. The molecule has 0 atom stereocenters. The Morgan fingerprint density at radius 3 is 2.53 bits per heavy atom. The first-order valence-electron chi connectivity index (χ1n) is 5.52. The lowest BCUT2D eigenvalue weighted by Crippen LogP contribution is -2.15. The van der Waals surface area contributed by atoms with Gasteiger partial charge in [-0.1, -0.05) is 26.8 Å². The van der Waals surface area contributed by atoms with E-state index >= 15 is 0 Å². The molecular formula is C14H18O3. The van der Waals surface area contributed by atoms with Crippen molar-refractivity contribution in [2.24, 2.45) is 0 Å². The van der Waals surface area contributed by atoms with Crippen molar-refractivity contribution < 1.29 is 14.6 Å². The third kappa shape index (κ3) is 3.63. The minimum Gasteiger partial charge on any atom is -0.508 e. The summed E-state index contributed by atoms with van der Waals surface area (Å²) in [5.41, 5.74) is 0.597. The number of hydrogen-bond donors (Lipinski definition) is 1. The largest absolute Gasteiger partial charge is 0.508 e. The van der Waals surface area contributed by atoms with E-state index in [1.807, 2.05) is 20.8 Å². The maximum Gasteiger partial charge on any atom is 0.335 e. The number of allylic oxidation sites excluding steroid dienone is 1. The number of phenolic OH excluding ortho intramolecular Hbond substituents is 1. The van der Waals surface area contributed by atoms with Crippen molar-refractivity contribution in [1.82, 2.24) is 0 Å². The summed E-state index contributed by atoms with van der Waals surface area (Å²) in [6.07, 6.45) is 2.98. The van der Waals surface area contributed by atoms with Gasteiger partial charge in [0.1, 0.15) is 11.5 Å². The van der Waals surface area contributed by atoms with E-state index in [2.05, 4.69) is 0 Å². The van der Waals surface area contributed by atoms with Crippen LogP contribution in [-0.4, -0.2) is 11.1 Å². The third-order valence-electron chi connectivity index (χ3n) is 2.28. The molecule has 0 saturated carbocycles. The summed E-state index contributed by atoms with van der Waals surface area (Å²) in [6, 6.07) is 4.74. The fraction of sp³-hybridized carbons (Fsp3) is 0.357. The van der Waals surface area contributed by atoms with Crippen molar-refractivity contribution >= 4 is 5.97 Å². The molecule has 0 saturated heterocycles. The van der Waals surface area contributed by atoms with Gasteiger partial charge in [-0.2, -0.15) is 0 Å². The molecule has 0 radical (unpaired) electrons. The van der Waals surface area contributed by atoms with Gasteiger partial charge in [-0.05, 0) is 30.5 Å². The van der Waals surface area contributed by atoms with Crippen LogP contribution in [0.4, 0.5) is 0 Å². The predicted octanol–water partition coefficient (Wildman–Crippen LogP) is 3.17. The summed E-state index contributed by atoms with van der Waals surface area (Å²) in [7, 11) is 0. The first-order chi connectivity index (χ1) is 7.84. The SMILES string of the molecule is C/C=C/C(=O)Oc1ccc(O)cc1C(C)(C)C. The smallest absolute Gasteiger partial charge is 0.335 e. The predicted molar refractivity (Wildman–Crippen MR) is 67.3 cm³/mol. The zero-order valence-electron chi connectivity index (χ0n) is 10.7. The average molecular weight is 234 g/mol. The highest BCUT2D eigenvalue weighted by molar-refractivity contribution is 5.84. The van der Waals surface area contributed by atoms with Gasteiger partial charge in [-0.25, -0.2) is 4.79 Å². The normalized spacial score (nSPS) is 11.8. The van der Waals surface area contributed by atoms with Gasteiger partial charge in [0.05, 0.1) is 0 Å². The minimum absolute atomic E-state index is 0.167. The zero-order valence-corrected chi connectivity index (χ0v) is 10.7. The van der Waals surface area contributed by atoms with Crippen molar-refractivity contribution in [2.45, 2.75) is 33.1 Å². The van der Waals surface area contributed by atoms with Gasteiger partial charge in [-0.15, -0.1) is 0 Å². The van der Waals surface area contributed by atoms with E-state index in [0.717, 1.165) is 5.56 Å². The molecule has 0 aliphatic carbocycles. The molecule has 0 unspecified atom stereocenters. The molecule has 1 N–H and O–H groups in total. The van der Waals surface area contributed by atoms with Crippen LogP contribution in [0.1, 0.15) is 33.3 Å². The highest BCUT2D eigenvalue weighted by atomic mass is 16.5. The summed E-state index contributed by atoms with van der Waals surface area (Å²) in [6.45, 7) is 7.74. The molecule has 0 spiro atoms. The second-order valence-electron chi connectivity index (χ2n) is 4.85. The fourth-order valence-corrected chi connectivity index (χ4v) is 1.47. The molecule has 3 heteroatoms. The number of aromatic hydroxyl groups is 1. The summed E-state index contributed by atoms with van der Waals surface area (Å²) < 4.78 is 5.23. The van der Waals surface area contributed by atoms with Gasteiger partial charge in [0, 0.05) is 11.6 Å². The van der Waals surface area contributed by atoms with Crippen LogP contribution in [0.15, 0.2) is 30.4 Å². The molecule has 92 valence electrons. The summed E-state index contributed by atoms with van der Waals surface area (Å²) in [4.78, 5) is 11.4. The number of phenols is 1. The number of rotatable bonds is 2. The van der Waals surface area contributed by atoms with Crippen LogP contribution in [0.3, 0.4) is 0 Å². The first-order valence-corrected chi connectivity index (χ1v) is 5.52. The average Bonchev–Trinajstić information content (AvgIpc) is 2.19. The van der Waals surface area contributed by atoms with Crippen LogP contribution in [0.5, 0.6) is 11.5 Å². The molecule has 1 aromatic rings. The molecule has 1 aromatic carbocycles. The van der Waals surface area contributed by atoms with Crippen LogP contribution in [0, 0.1) is 0 Å². The number of carbonyl (C=O) groups excluding carboxylic acids is 1. The maximum absolute atomic E-state index is 11.4. The van der Waals surface area contributed by atoms with Gasteiger partial charge in [0.15, 0.2) is 0 Å². The molecule has 0 fully saturated rings. The van der Waals surface area contributed by atoms with Crippen molar-refractivity contribution in [1.29, 1.82) is 0 Å². The molecule has 0 aromatic heterocycles. The monoisotopic (exact) mass is 234 g/mol. The summed E-state index contributed by atoms with van der Waals surface area (Å²) in [5.74, 6) is 0.239. The molecular weight excluding hydrogens is 216 g/mol. The van der Waals surface area contributed by atoms with Crippen LogP contribution in [0.2, 0.25) is 0 Å². The fourth-order valence-electron chi connectivity index (χ4n) is 1.47. The second kappa shape index (κ2) is 5.04. The molecule has 0 aliphatic rings. The second-order valence-corrected chi connectivity index (χ2v) is 4.85. The Bertz CT molecular complexity index is 439. The van der Waals surface area contributed by atoms with Crippen LogP contribution < -0.4 is 4.74 Å². The molecule has 0 amide bonds. The van der Waals surface area contributed by atoms with E-state index < -0.39 is 5.97 Å². The van der Waals surface area contributed by atoms with Crippen molar-refractivity contribution in [3.8, 4) is 11.5 Å². The molecule has 1 rings (SSSR count). The number of benzene rings is 1. The standard InChI is InChI=1S/C14H18O3/c1-5-6-13(16)17-12-8-7-10(15)9-11(12)14(2,3)4/h5-9,15H,1-4H3/b6-5+. The van der Waals surface area contributed by atoms with Crippen molar-refractivity contribution in [3.05, 3.63) is 35.9 Å². The Morgan fingerprint density at radius 1 is 1.35 bits per heavy atom. The molecule has 0 bridgehead atoms. The number of esters is 1. The highest BCUT2D eigenvalue weighted by Gasteiger charge is 2.20. The zero-order chi connectivity index (χ0) is 13.1. The minimum atomic E-state index is -0.413. The van der Waals surface area contributed by atoms with Crippen molar-refractivity contribution in [2.75, 3.05) is 0 Å². The number of hydrogen-bond acceptors (Lipinski definition) is 3. The molecule has 0 aliphatic heterocycles. The van der Waals surface area contributed by atoms with Gasteiger partial charge in [0.2, 0.25) is 0 Å². The topological polar surface area (TPSA) is 46.5 Å². The van der Waals surface area contributed by atoms with E-state index in [1.54, 1.807) is 25.1 Å². The van der Waals surface area contributed by atoms with Crippen LogP contribution >= 0.6 is 0 Å². The maximum atomic E-state index is 11.4. The van der Waals surface area contributed by atoms with Gasteiger partial charge in [-0.3, -0.25) is 0 Å². The molecule has 17 heavy (non-hydrogen) atoms. The van der Waals surface area contributed by atoms with Gasteiger partial charge in [0.25, 0.3) is 0 Å². The van der Waals surface area contributed by atoms with E-state index in [1.165, 1.54) is 12.1 Å². The first kappa shape index (κ1) is 13.3. The van der Waals surface area contributed by atoms with Crippen LogP contribution in [0.25, 0.3) is 0 Å². The Balaban J connectivity index is 3.11. The summed E-state index contributed by atoms with van der Waals surface area (Å²) in [5, 5.41) is 9.48. The quantitative estimate of drug-likeness (QED) is 0.485. The molecule has 0 heterocycles. The van der Waals surface area contributed by atoms with Gasteiger partial charge < -0.3 is 9.84 Å². The van der Waals surface area contributed by atoms with Crippen molar-refractivity contribution in [3.63, 3.8) is 0 Å². The Hall–Kier alpha value is -1.77. The van der Waals surface area contributed by atoms with E-state index in [0.29, 0.717) is 5.75 Å². The van der Waals surface area contributed by atoms with E-state index in [-0.39, 0.29) is 11.2 Å². The Morgan fingerprint density at radius 2 is 2.00 bits per heavy atom. The third-order valence-corrected chi connectivity index (χ3v) is 2.28. The van der Waals surface area contributed by atoms with E-state index in [4.69, 9.17) is 4.74 Å². The number of ether oxygens (including phenoxy) is 1. The summed E-state index contributed by atoms with van der Waals surface area (Å²) >= 11 is 0. The van der Waals surface area contributed by atoms with Crippen LogP contribution in [-0.2, 0) is 10.2 Å². The molecule has 3 nitrogen and oxygen atoms in total. The lowest BCUT2D eigenvalue weighted by Gasteiger charge is -2.22. The van der Waals surface area contributed by atoms with Gasteiger partial charge >= 0.3 is 5.97 Å². The Labute approximate surface area is 102 Å². The lowest BCUT2D eigenvalue weighted by molar-refractivity contribution is -0.129. The van der Waals surface area contributed by atoms with E-state index in [9.17, 15) is 9.90 Å². The number of carbonyl (C=O) groups is 1.